The van der Waals surface area contributed by atoms with Crippen LogP contribution in [0.5, 0.6) is 0 Å². The zero-order valence-electron chi connectivity index (χ0n) is 12.9. The summed E-state index contributed by atoms with van der Waals surface area (Å²) in [5.74, 6) is 0. The second-order valence-electron chi connectivity index (χ2n) is 6.25. The molecule has 0 amide bonds. The summed E-state index contributed by atoms with van der Waals surface area (Å²) < 4.78 is 2.22. The minimum absolute atomic E-state index is 0.140. The topological polar surface area (TPSA) is 29.9 Å². The summed E-state index contributed by atoms with van der Waals surface area (Å²) in [5, 5.41) is 6.79. The smallest absolute Gasteiger partial charge is 0.113 e. The van der Waals surface area contributed by atoms with Gasteiger partial charge in [-0.2, -0.15) is 0 Å². The van der Waals surface area contributed by atoms with Crippen LogP contribution in [0.4, 0.5) is 0 Å². The van der Waals surface area contributed by atoms with E-state index >= 15 is 0 Å². The van der Waals surface area contributed by atoms with E-state index in [2.05, 4.69) is 61.4 Å². The number of hydrogen-bond acceptors (Lipinski definition) is 3. The Labute approximate surface area is 126 Å². The molecule has 0 aromatic carbocycles. The summed E-state index contributed by atoms with van der Waals surface area (Å²) in [7, 11) is 0. The third-order valence-corrected chi connectivity index (χ3v) is 4.04. The Bertz CT molecular complexity index is 534. The van der Waals surface area contributed by atoms with E-state index in [1.54, 1.807) is 11.3 Å². The Morgan fingerprint density at radius 2 is 2.15 bits per heavy atom. The molecule has 3 nitrogen and oxygen atoms in total. The molecule has 20 heavy (non-hydrogen) atoms. The standard InChI is InChI=1S/C16H25N3S/c1-5-7-17-9-13-6-8-19(10-13)11-15-18-14(12-20-15)16(2,3)4/h6,8,10,12,17H,5,7,9,11H2,1-4H3. The predicted molar refractivity (Wildman–Crippen MR) is 86.3 cm³/mol. The number of rotatable bonds is 6. The lowest BCUT2D eigenvalue weighted by Crippen LogP contribution is -2.13. The van der Waals surface area contributed by atoms with Crippen LogP contribution in [0.1, 0.15) is 50.4 Å². The fourth-order valence-corrected chi connectivity index (χ4v) is 3.02. The highest BCUT2D eigenvalue weighted by Gasteiger charge is 2.17. The third-order valence-electron chi connectivity index (χ3n) is 3.21. The van der Waals surface area contributed by atoms with Crippen LogP contribution in [0.3, 0.4) is 0 Å². The molecule has 0 aliphatic heterocycles. The van der Waals surface area contributed by atoms with Crippen LogP contribution in [0.2, 0.25) is 0 Å². The first-order valence-electron chi connectivity index (χ1n) is 7.29. The number of hydrogen-bond donors (Lipinski definition) is 1. The van der Waals surface area contributed by atoms with Crippen molar-refractivity contribution in [3.05, 3.63) is 40.1 Å². The van der Waals surface area contributed by atoms with Crippen LogP contribution < -0.4 is 5.32 Å². The van der Waals surface area contributed by atoms with E-state index in [1.807, 2.05) is 0 Å². The van der Waals surface area contributed by atoms with Gasteiger partial charge in [-0.25, -0.2) is 4.98 Å². The Balaban J connectivity index is 1.95. The average molecular weight is 291 g/mol. The maximum absolute atomic E-state index is 4.74. The number of nitrogens with zero attached hydrogens (tertiary/aromatic N) is 2. The Morgan fingerprint density at radius 3 is 2.80 bits per heavy atom. The zero-order valence-corrected chi connectivity index (χ0v) is 13.8. The van der Waals surface area contributed by atoms with E-state index < -0.39 is 0 Å². The molecule has 0 aliphatic carbocycles. The molecule has 0 bridgehead atoms. The summed E-state index contributed by atoms with van der Waals surface area (Å²) in [4.78, 5) is 4.74. The van der Waals surface area contributed by atoms with Crippen LogP contribution in [0, 0.1) is 0 Å². The summed E-state index contributed by atoms with van der Waals surface area (Å²) in [5.41, 5.74) is 2.67. The molecule has 2 aromatic rings. The molecule has 0 aliphatic rings. The van der Waals surface area contributed by atoms with E-state index in [1.165, 1.54) is 22.7 Å². The second-order valence-corrected chi connectivity index (χ2v) is 7.19. The summed E-state index contributed by atoms with van der Waals surface area (Å²) in [6.07, 6.45) is 5.53. The van der Waals surface area contributed by atoms with E-state index in [4.69, 9.17) is 4.98 Å². The first kappa shape index (κ1) is 15.3. The van der Waals surface area contributed by atoms with Gasteiger partial charge < -0.3 is 9.88 Å². The number of aromatic nitrogens is 2. The molecule has 2 rings (SSSR count). The second kappa shape index (κ2) is 6.55. The predicted octanol–water partition coefficient (Wildman–Crippen LogP) is 3.79. The van der Waals surface area contributed by atoms with E-state index in [0.717, 1.165) is 19.6 Å². The molecule has 1 N–H and O–H groups in total. The van der Waals surface area contributed by atoms with Crippen molar-refractivity contribution >= 4 is 11.3 Å². The Morgan fingerprint density at radius 1 is 1.35 bits per heavy atom. The van der Waals surface area contributed by atoms with Gasteiger partial charge in [-0.05, 0) is 24.6 Å². The lowest BCUT2D eigenvalue weighted by molar-refractivity contribution is 0.569. The normalized spacial score (nSPS) is 12.0. The van der Waals surface area contributed by atoms with Crippen molar-refractivity contribution < 1.29 is 0 Å². The van der Waals surface area contributed by atoms with Crippen molar-refractivity contribution in [2.24, 2.45) is 0 Å². The van der Waals surface area contributed by atoms with E-state index in [-0.39, 0.29) is 5.41 Å². The quantitative estimate of drug-likeness (QED) is 0.821. The van der Waals surface area contributed by atoms with Crippen molar-refractivity contribution in [2.75, 3.05) is 6.54 Å². The first-order chi connectivity index (χ1) is 9.49. The highest BCUT2D eigenvalue weighted by molar-refractivity contribution is 7.09. The molecule has 0 unspecified atom stereocenters. The molecule has 0 atom stereocenters. The average Bonchev–Trinajstić information content (AvgIpc) is 2.99. The molecule has 0 saturated carbocycles. The Kier molecular flexibility index (Phi) is 5.00. The lowest BCUT2D eigenvalue weighted by Gasteiger charge is -2.14. The molecule has 4 heteroatoms. The lowest BCUT2D eigenvalue weighted by atomic mass is 9.93. The van der Waals surface area contributed by atoms with Gasteiger partial charge >= 0.3 is 0 Å². The molecule has 2 aromatic heterocycles. The van der Waals surface area contributed by atoms with Crippen LogP contribution in [-0.2, 0) is 18.5 Å². The maximum Gasteiger partial charge on any atom is 0.113 e. The fourth-order valence-electron chi connectivity index (χ4n) is 1.99. The SMILES string of the molecule is CCCNCc1ccn(Cc2nc(C(C)(C)C)cs2)c1. The van der Waals surface area contributed by atoms with Gasteiger partial charge in [0, 0.05) is 29.7 Å². The number of nitrogens with one attached hydrogen (secondary N) is 1. The minimum atomic E-state index is 0.140. The van der Waals surface area contributed by atoms with Crippen molar-refractivity contribution in [3.63, 3.8) is 0 Å². The largest absolute Gasteiger partial charge is 0.347 e. The molecule has 0 saturated heterocycles. The molecular formula is C16H25N3S. The Hall–Kier alpha value is -1.13. The highest BCUT2D eigenvalue weighted by atomic mass is 32.1. The van der Waals surface area contributed by atoms with Crippen LogP contribution in [-0.4, -0.2) is 16.1 Å². The van der Waals surface area contributed by atoms with Crippen molar-refractivity contribution in [1.82, 2.24) is 14.9 Å². The number of thiazole rings is 1. The monoisotopic (exact) mass is 291 g/mol. The summed E-state index contributed by atoms with van der Waals surface area (Å²) >= 11 is 1.75. The molecule has 2 heterocycles. The van der Waals surface area contributed by atoms with Gasteiger partial charge in [0.1, 0.15) is 5.01 Å². The van der Waals surface area contributed by atoms with Crippen LogP contribution in [0.15, 0.2) is 23.8 Å². The van der Waals surface area contributed by atoms with Gasteiger partial charge in [0.05, 0.1) is 12.2 Å². The fraction of sp³-hybridized carbons (Fsp3) is 0.562. The van der Waals surface area contributed by atoms with Crippen molar-refractivity contribution in [3.8, 4) is 0 Å². The van der Waals surface area contributed by atoms with Gasteiger partial charge in [0.25, 0.3) is 0 Å². The molecular weight excluding hydrogens is 266 g/mol. The van der Waals surface area contributed by atoms with Gasteiger partial charge in [-0.3, -0.25) is 0 Å². The molecule has 0 fully saturated rings. The van der Waals surface area contributed by atoms with Gasteiger partial charge in [0.15, 0.2) is 0 Å². The van der Waals surface area contributed by atoms with E-state index in [0.29, 0.717) is 0 Å². The van der Waals surface area contributed by atoms with E-state index in [9.17, 15) is 0 Å². The zero-order chi connectivity index (χ0) is 14.6. The third kappa shape index (κ3) is 4.18. The van der Waals surface area contributed by atoms with Crippen molar-refractivity contribution in [1.29, 1.82) is 0 Å². The maximum atomic E-state index is 4.74. The van der Waals surface area contributed by atoms with Gasteiger partial charge in [0.2, 0.25) is 0 Å². The first-order valence-corrected chi connectivity index (χ1v) is 8.17. The van der Waals surface area contributed by atoms with Crippen LogP contribution >= 0.6 is 11.3 Å². The highest BCUT2D eigenvalue weighted by Crippen LogP contribution is 2.24. The summed E-state index contributed by atoms with van der Waals surface area (Å²) in [6.45, 7) is 11.7. The molecule has 110 valence electrons. The van der Waals surface area contributed by atoms with Crippen molar-refractivity contribution in [2.45, 2.75) is 52.6 Å². The van der Waals surface area contributed by atoms with Gasteiger partial charge in [-0.1, -0.05) is 27.7 Å². The minimum Gasteiger partial charge on any atom is -0.347 e. The molecule has 0 spiro atoms. The van der Waals surface area contributed by atoms with Gasteiger partial charge in [-0.15, -0.1) is 11.3 Å². The van der Waals surface area contributed by atoms with Crippen LogP contribution in [0.25, 0.3) is 0 Å². The molecule has 0 radical (unpaired) electrons. The summed E-state index contributed by atoms with van der Waals surface area (Å²) in [6, 6.07) is 2.18.